The maximum absolute atomic E-state index is 13.3. The Morgan fingerprint density at radius 1 is 1.03 bits per heavy atom. The minimum Gasteiger partial charge on any atom is -0.385 e. The van der Waals surface area contributed by atoms with Crippen LogP contribution in [0.25, 0.3) is 0 Å². The zero-order valence-electron chi connectivity index (χ0n) is 20.3. The van der Waals surface area contributed by atoms with Crippen LogP contribution in [0.2, 0.25) is 0 Å². The van der Waals surface area contributed by atoms with E-state index in [4.69, 9.17) is 4.74 Å². The topological polar surface area (TPSA) is 58.0 Å². The summed E-state index contributed by atoms with van der Waals surface area (Å²) >= 11 is 3.48. The molecule has 33 heavy (non-hydrogen) atoms. The van der Waals surface area contributed by atoms with Crippen LogP contribution in [0.5, 0.6) is 0 Å². The molecule has 2 aromatic rings. The number of benzene rings is 1. The highest BCUT2D eigenvalue weighted by molar-refractivity contribution is 9.10. The smallest absolute Gasteiger partial charge is 0.319 e. The highest BCUT2D eigenvalue weighted by atomic mass is 79.9. The van der Waals surface area contributed by atoms with Crippen LogP contribution in [0, 0.1) is 0 Å². The first kappa shape index (κ1) is 26.9. The molecule has 1 heterocycles. The number of hydrogen-bond acceptors (Lipinski definition) is 3. The van der Waals surface area contributed by atoms with Crippen LogP contribution in [0.3, 0.4) is 0 Å². The second kappa shape index (κ2) is 14.1. The van der Waals surface area contributed by atoms with Gasteiger partial charge in [-0.15, -0.1) is 0 Å². The van der Waals surface area contributed by atoms with Crippen molar-refractivity contribution in [3.05, 3.63) is 58.3 Å². The van der Waals surface area contributed by atoms with Gasteiger partial charge in [-0.1, -0.05) is 41.4 Å². The van der Waals surface area contributed by atoms with Gasteiger partial charge in [-0.3, -0.25) is 4.79 Å². The summed E-state index contributed by atoms with van der Waals surface area (Å²) in [6.45, 7) is 5.15. The average molecular weight is 522 g/mol. The molecule has 182 valence electrons. The molecular formula is C25H37BrN4O3. The van der Waals surface area contributed by atoms with Gasteiger partial charge in [-0.05, 0) is 42.7 Å². The van der Waals surface area contributed by atoms with Crippen LogP contribution in [-0.4, -0.2) is 78.7 Å². The fourth-order valence-electron chi connectivity index (χ4n) is 3.56. The molecule has 8 heteroatoms. The summed E-state index contributed by atoms with van der Waals surface area (Å²) in [6.07, 6.45) is 4.66. The Kier molecular flexibility index (Phi) is 11.5. The van der Waals surface area contributed by atoms with Crippen molar-refractivity contribution in [2.45, 2.75) is 39.3 Å². The summed E-state index contributed by atoms with van der Waals surface area (Å²) in [7, 11) is 5.05. The minimum atomic E-state index is -0.159. The van der Waals surface area contributed by atoms with Crippen LogP contribution >= 0.6 is 15.9 Å². The summed E-state index contributed by atoms with van der Waals surface area (Å²) < 4.78 is 8.36. The molecule has 3 amide bonds. The Hall–Kier alpha value is -2.32. The fourth-order valence-corrected chi connectivity index (χ4v) is 3.82. The third-order valence-corrected chi connectivity index (χ3v) is 5.96. The van der Waals surface area contributed by atoms with Crippen molar-refractivity contribution in [1.29, 1.82) is 0 Å². The number of nitrogens with zero attached hydrogens (tertiary/aromatic N) is 4. The second-order valence-corrected chi connectivity index (χ2v) is 9.28. The van der Waals surface area contributed by atoms with E-state index in [1.807, 2.05) is 29.3 Å². The molecule has 0 saturated carbocycles. The monoisotopic (exact) mass is 520 g/mol. The minimum absolute atomic E-state index is 0.0348. The largest absolute Gasteiger partial charge is 0.385 e. The summed E-state index contributed by atoms with van der Waals surface area (Å²) in [6, 6.07) is 12.2. The third-order valence-electron chi connectivity index (χ3n) is 5.43. The highest BCUT2D eigenvalue weighted by Crippen LogP contribution is 2.15. The van der Waals surface area contributed by atoms with E-state index in [2.05, 4.69) is 45.6 Å². The first-order valence-corrected chi connectivity index (χ1v) is 12.3. The van der Waals surface area contributed by atoms with Gasteiger partial charge in [-0.2, -0.15) is 0 Å². The Morgan fingerprint density at radius 2 is 1.73 bits per heavy atom. The number of carbonyl (C=O) groups excluding carboxylic acids is 2. The van der Waals surface area contributed by atoms with Gasteiger partial charge in [0.1, 0.15) is 6.54 Å². The van der Waals surface area contributed by atoms with Gasteiger partial charge in [0, 0.05) is 63.8 Å². The molecule has 0 saturated heterocycles. The van der Waals surface area contributed by atoms with Gasteiger partial charge in [0.15, 0.2) is 0 Å². The van der Waals surface area contributed by atoms with Crippen molar-refractivity contribution in [2.75, 3.05) is 47.4 Å². The van der Waals surface area contributed by atoms with Crippen LogP contribution < -0.4 is 0 Å². The Balaban J connectivity index is 2.13. The second-order valence-electron chi connectivity index (χ2n) is 8.37. The molecule has 0 spiro atoms. The average Bonchev–Trinajstić information content (AvgIpc) is 3.23. The van der Waals surface area contributed by atoms with Crippen molar-refractivity contribution in [3.8, 4) is 0 Å². The van der Waals surface area contributed by atoms with Gasteiger partial charge >= 0.3 is 6.03 Å². The lowest BCUT2D eigenvalue weighted by atomic mass is 10.2. The van der Waals surface area contributed by atoms with E-state index >= 15 is 0 Å². The molecule has 7 nitrogen and oxygen atoms in total. The Labute approximate surface area is 206 Å². The van der Waals surface area contributed by atoms with Gasteiger partial charge in [0.25, 0.3) is 0 Å². The zero-order valence-corrected chi connectivity index (χ0v) is 21.9. The molecule has 0 N–H and O–H groups in total. The maximum Gasteiger partial charge on any atom is 0.319 e. The fraction of sp³-hybridized carbons (Fsp3) is 0.520. The van der Waals surface area contributed by atoms with E-state index in [1.165, 1.54) is 10.5 Å². The number of urea groups is 1. The van der Waals surface area contributed by atoms with Gasteiger partial charge < -0.3 is 24.0 Å². The molecule has 1 aromatic heterocycles. The van der Waals surface area contributed by atoms with Crippen LogP contribution in [-0.2, 0) is 22.6 Å². The molecule has 0 fully saturated rings. The van der Waals surface area contributed by atoms with Crippen molar-refractivity contribution >= 4 is 27.9 Å². The Morgan fingerprint density at radius 3 is 2.36 bits per heavy atom. The van der Waals surface area contributed by atoms with Gasteiger partial charge in [0.05, 0.1) is 6.54 Å². The third kappa shape index (κ3) is 8.85. The quantitative estimate of drug-likeness (QED) is 0.366. The van der Waals surface area contributed by atoms with Crippen LogP contribution in [0.4, 0.5) is 4.79 Å². The molecule has 0 aliphatic heterocycles. The van der Waals surface area contributed by atoms with Crippen molar-refractivity contribution in [2.24, 2.45) is 0 Å². The summed E-state index contributed by atoms with van der Waals surface area (Å²) in [5.41, 5.74) is 2.27. The van der Waals surface area contributed by atoms with Crippen molar-refractivity contribution in [3.63, 3.8) is 0 Å². The number of amides is 3. The lowest BCUT2D eigenvalue weighted by Gasteiger charge is -2.29. The number of ether oxygens (including phenoxy) is 1. The van der Waals surface area contributed by atoms with Crippen molar-refractivity contribution < 1.29 is 14.3 Å². The number of aromatic nitrogens is 1. The van der Waals surface area contributed by atoms with E-state index in [-0.39, 0.29) is 18.5 Å². The molecule has 0 radical (unpaired) electrons. The number of halogens is 1. The van der Waals surface area contributed by atoms with Gasteiger partial charge in [-0.25, -0.2) is 4.79 Å². The lowest BCUT2D eigenvalue weighted by Crippen LogP contribution is -2.47. The standard InChI is InChI=1S/C25H37BrN4O3/c1-5-6-14-29(24(31)20-30(16-8-17-33-4)25(32)27(2)3)19-23-9-7-15-28(23)18-21-10-12-22(26)13-11-21/h7,9-13,15H,5-6,8,14,16-20H2,1-4H3. The zero-order chi connectivity index (χ0) is 24.2. The molecular weight excluding hydrogens is 484 g/mol. The number of methoxy groups -OCH3 is 1. The number of carbonyl (C=O) groups is 2. The summed E-state index contributed by atoms with van der Waals surface area (Å²) in [5, 5.41) is 0. The van der Waals surface area contributed by atoms with Crippen LogP contribution in [0.1, 0.15) is 37.4 Å². The lowest BCUT2D eigenvalue weighted by molar-refractivity contribution is -0.132. The summed E-state index contributed by atoms with van der Waals surface area (Å²) in [5.74, 6) is -0.0348. The summed E-state index contributed by atoms with van der Waals surface area (Å²) in [4.78, 5) is 31.0. The molecule has 0 aliphatic rings. The molecule has 0 atom stereocenters. The highest BCUT2D eigenvalue weighted by Gasteiger charge is 2.23. The first-order valence-electron chi connectivity index (χ1n) is 11.5. The predicted octanol–water partition coefficient (Wildman–Crippen LogP) is 4.45. The SMILES string of the molecule is CCCCN(Cc1cccn1Cc1ccc(Br)cc1)C(=O)CN(CCCOC)C(=O)N(C)C. The molecule has 0 unspecified atom stereocenters. The number of unbranched alkanes of at least 4 members (excludes halogenated alkanes) is 1. The Bertz CT molecular complexity index is 867. The van der Waals surface area contributed by atoms with E-state index in [0.717, 1.165) is 29.6 Å². The molecule has 2 rings (SSSR count). The molecule has 0 aliphatic carbocycles. The molecule has 0 bridgehead atoms. The first-order chi connectivity index (χ1) is 15.8. The van der Waals surface area contributed by atoms with Gasteiger partial charge in [0.2, 0.25) is 5.91 Å². The number of hydrogen-bond donors (Lipinski definition) is 0. The van der Waals surface area contributed by atoms with E-state index < -0.39 is 0 Å². The van der Waals surface area contributed by atoms with Crippen LogP contribution in [0.15, 0.2) is 47.1 Å². The maximum atomic E-state index is 13.3. The number of rotatable bonds is 13. The van der Waals surface area contributed by atoms with E-state index in [1.54, 1.807) is 26.1 Å². The normalized spacial score (nSPS) is 10.8. The molecule has 1 aromatic carbocycles. The van der Waals surface area contributed by atoms with Crippen molar-refractivity contribution in [1.82, 2.24) is 19.3 Å². The van der Waals surface area contributed by atoms with E-state index in [0.29, 0.717) is 32.7 Å². The predicted molar refractivity (Wildman–Crippen MR) is 135 cm³/mol. The van der Waals surface area contributed by atoms with E-state index in [9.17, 15) is 9.59 Å².